The van der Waals surface area contributed by atoms with E-state index in [1.54, 1.807) is 0 Å². The molecule has 2 aliphatic rings. The lowest BCUT2D eigenvalue weighted by molar-refractivity contribution is 0.270. The van der Waals surface area contributed by atoms with E-state index < -0.39 is 0 Å². The highest BCUT2D eigenvalue weighted by atomic mass is 15.2. The van der Waals surface area contributed by atoms with E-state index in [9.17, 15) is 0 Å². The van der Waals surface area contributed by atoms with Gasteiger partial charge in [-0.15, -0.1) is 0 Å². The normalized spacial score (nSPS) is 27.0. The number of hydrogen-bond donors (Lipinski definition) is 2. The molecule has 3 nitrogen and oxygen atoms in total. The van der Waals surface area contributed by atoms with Crippen LogP contribution in [0.5, 0.6) is 0 Å². The summed E-state index contributed by atoms with van der Waals surface area (Å²) in [7, 11) is 0. The minimum absolute atomic E-state index is 0.757. The third-order valence-corrected chi connectivity index (χ3v) is 3.88. The zero-order valence-corrected chi connectivity index (χ0v) is 10.7. The maximum absolute atomic E-state index is 3.73. The third kappa shape index (κ3) is 4.04. The predicted molar refractivity (Wildman–Crippen MR) is 68.8 cm³/mol. The first-order valence-electron chi connectivity index (χ1n) is 7.08. The van der Waals surface area contributed by atoms with Gasteiger partial charge in [0.15, 0.2) is 0 Å². The summed E-state index contributed by atoms with van der Waals surface area (Å²) in [5, 5.41) is 7.19. The van der Waals surface area contributed by atoms with Crippen molar-refractivity contribution in [3.8, 4) is 0 Å². The predicted octanol–water partition coefficient (Wildman–Crippen LogP) is 1.20. The van der Waals surface area contributed by atoms with E-state index in [1.165, 1.54) is 64.8 Å². The van der Waals surface area contributed by atoms with Crippen molar-refractivity contribution in [2.24, 2.45) is 0 Å². The van der Waals surface area contributed by atoms with Crippen LogP contribution in [0.2, 0.25) is 0 Å². The number of nitrogens with one attached hydrogen (secondary N) is 2. The molecule has 2 N–H and O–H groups in total. The van der Waals surface area contributed by atoms with E-state index in [2.05, 4.69) is 22.5 Å². The Labute approximate surface area is 100.0 Å². The van der Waals surface area contributed by atoms with Crippen LogP contribution in [-0.4, -0.2) is 49.7 Å². The quantitative estimate of drug-likeness (QED) is 0.711. The van der Waals surface area contributed by atoms with Gasteiger partial charge in [0.05, 0.1) is 0 Å². The van der Waals surface area contributed by atoms with Crippen LogP contribution < -0.4 is 10.6 Å². The molecule has 16 heavy (non-hydrogen) atoms. The largest absolute Gasteiger partial charge is 0.317 e. The van der Waals surface area contributed by atoms with Crippen LogP contribution in [0.15, 0.2) is 0 Å². The van der Waals surface area contributed by atoms with Gasteiger partial charge in [0.25, 0.3) is 0 Å². The van der Waals surface area contributed by atoms with E-state index in [0.29, 0.717) is 0 Å². The zero-order chi connectivity index (χ0) is 11.2. The first-order valence-corrected chi connectivity index (χ1v) is 7.08. The van der Waals surface area contributed by atoms with Crippen molar-refractivity contribution in [1.29, 1.82) is 0 Å². The Hall–Kier alpha value is -0.120. The van der Waals surface area contributed by atoms with Gasteiger partial charge in [-0.1, -0.05) is 6.92 Å². The van der Waals surface area contributed by atoms with Crippen LogP contribution in [-0.2, 0) is 0 Å². The molecule has 1 aliphatic carbocycles. The van der Waals surface area contributed by atoms with Crippen molar-refractivity contribution in [1.82, 2.24) is 15.5 Å². The molecule has 0 aromatic carbocycles. The van der Waals surface area contributed by atoms with Gasteiger partial charge < -0.3 is 10.6 Å². The standard InChI is InChI=1S/C13H27N3/c1-2-16(13-5-6-13)11-10-15-12-4-3-8-14-9-7-12/h12-15H,2-11H2,1H3. The minimum atomic E-state index is 0.757. The number of hydrogen-bond acceptors (Lipinski definition) is 3. The van der Waals surface area contributed by atoms with Crippen LogP contribution >= 0.6 is 0 Å². The Balaban J connectivity index is 1.58. The molecule has 2 rings (SSSR count). The summed E-state index contributed by atoms with van der Waals surface area (Å²) in [6.45, 7) is 8.33. The van der Waals surface area contributed by atoms with Gasteiger partial charge in [-0.05, 0) is 51.7 Å². The van der Waals surface area contributed by atoms with Crippen LogP contribution in [0, 0.1) is 0 Å². The van der Waals surface area contributed by atoms with Crippen molar-refractivity contribution in [3.63, 3.8) is 0 Å². The molecule has 0 bridgehead atoms. The molecule has 0 aromatic rings. The second kappa shape index (κ2) is 6.58. The lowest BCUT2D eigenvalue weighted by Gasteiger charge is -2.22. The molecular weight excluding hydrogens is 198 g/mol. The fourth-order valence-corrected chi connectivity index (χ4v) is 2.67. The smallest absolute Gasteiger partial charge is 0.0110 e. The highest BCUT2D eigenvalue weighted by Gasteiger charge is 2.27. The van der Waals surface area contributed by atoms with Gasteiger partial charge in [0, 0.05) is 25.2 Å². The van der Waals surface area contributed by atoms with Crippen molar-refractivity contribution >= 4 is 0 Å². The molecule has 0 spiro atoms. The zero-order valence-electron chi connectivity index (χ0n) is 10.7. The summed E-state index contributed by atoms with van der Waals surface area (Å²) in [6.07, 6.45) is 6.85. The molecule has 3 heteroatoms. The molecule has 1 heterocycles. The molecule has 1 saturated carbocycles. The summed E-state index contributed by atoms with van der Waals surface area (Å²) in [5.41, 5.74) is 0. The molecule has 0 amide bonds. The average Bonchev–Trinajstić information content (AvgIpc) is 3.11. The Kier molecular flexibility index (Phi) is 5.07. The molecule has 1 atom stereocenters. The van der Waals surface area contributed by atoms with Gasteiger partial charge >= 0.3 is 0 Å². The summed E-state index contributed by atoms with van der Waals surface area (Å²) >= 11 is 0. The van der Waals surface area contributed by atoms with Crippen LogP contribution in [0.1, 0.15) is 39.0 Å². The van der Waals surface area contributed by atoms with Gasteiger partial charge in [0.1, 0.15) is 0 Å². The number of likely N-dealkylation sites (N-methyl/N-ethyl adjacent to an activating group) is 1. The maximum Gasteiger partial charge on any atom is 0.0110 e. The Morgan fingerprint density at radius 3 is 2.81 bits per heavy atom. The van der Waals surface area contributed by atoms with Gasteiger partial charge in [0.2, 0.25) is 0 Å². The van der Waals surface area contributed by atoms with Crippen LogP contribution in [0.3, 0.4) is 0 Å². The van der Waals surface area contributed by atoms with Crippen molar-refractivity contribution in [2.45, 2.75) is 51.1 Å². The SMILES string of the molecule is CCN(CCNC1CCCNCC1)C1CC1. The molecule has 1 aliphatic heterocycles. The summed E-state index contributed by atoms with van der Waals surface area (Å²) in [4.78, 5) is 2.63. The van der Waals surface area contributed by atoms with Gasteiger partial charge in [-0.25, -0.2) is 0 Å². The van der Waals surface area contributed by atoms with E-state index in [0.717, 1.165) is 12.1 Å². The summed E-state index contributed by atoms with van der Waals surface area (Å²) < 4.78 is 0. The second-order valence-corrected chi connectivity index (χ2v) is 5.19. The lowest BCUT2D eigenvalue weighted by atomic mass is 10.1. The van der Waals surface area contributed by atoms with E-state index in [1.807, 2.05) is 0 Å². The summed E-state index contributed by atoms with van der Waals surface area (Å²) in [5.74, 6) is 0. The van der Waals surface area contributed by atoms with Crippen LogP contribution in [0.25, 0.3) is 0 Å². The lowest BCUT2D eigenvalue weighted by Crippen LogP contribution is -2.38. The van der Waals surface area contributed by atoms with Crippen molar-refractivity contribution < 1.29 is 0 Å². The van der Waals surface area contributed by atoms with Crippen molar-refractivity contribution in [2.75, 3.05) is 32.7 Å². The highest BCUT2D eigenvalue weighted by Crippen LogP contribution is 2.25. The maximum atomic E-state index is 3.73. The van der Waals surface area contributed by atoms with Crippen molar-refractivity contribution in [3.05, 3.63) is 0 Å². The number of rotatable bonds is 6. The molecule has 2 fully saturated rings. The molecule has 1 saturated heterocycles. The molecule has 0 aromatic heterocycles. The topological polar surface area (TPSA) is 27.3 Å². The first kappa shape index (κ1) is 12.3. The fourth-order valence-electron chi connectivity index (χ4n) is 2.67. The molecule has 1 unspecified atom stereocenters. The van der Waals surface area contributed by atoms with Crippen LogP contribution in [0.4, 0.5) is 0 Å². The highest BCUT2D eigenvalue weighted by molar-refractivity contribution is 4.84. The minimum Gasteiger partial charge on any atom is -0.317 e. The molecule has 0 radical (unpaired) electrons. The second-order valence-electron chi connectivity index (χ2n) is 5.19. The first-order chi connectivity index (χ1) is 7.90. The Morgan fingerprint density at radius 1 is 1.19 bits per heavy atom. The van der Waals surface area contributed by atoms with E-state index >= 15 is 0 Å². The van der Waals surface area contributed by atoms with Gasteiger partial charge in [-0.2, -0.15) is 0 Å². The Bertz CT molecular complexity index is 184. The molecule has 94 valence electrons. The number of nitrogens with zero attached hydrogens (tertiary/aromatic N) is 1. The summed E-state index contributed by atoms with van der Waals surface area (Å²) in [6, 6.07) is 1.68. The molecular formula is C13H27N3. The Morgan fingerprint density at radius 2 is 2.06 bits per heavy atom. The average molecular weight is 225 g/mol. The van der Waals surface area contributed by atoms with E-state index in [4.69, 9.17) is 0 Å². The fraction of sp³-hybridized carbons (Fsp3) is 1.00. The monoisotopic (exact) mass is 225 g/mol. The third-order valence-electron chi connectivity index (χ3n) is 3.88. The van der Waals surface area contributed by atoms with Gasteiger partial charge in [-0.3, -0.25) is 4.90 Å². The van der Waals surface area contributed by atoms with E-state index in [-0.39, 0.29) is 0 Å².